The van der Waals surface area contributed by atoms with Gasteiger partial charge < -0.3 is 11.1 Å². The molecule has 2 unspecified atom stereocenters. The highest BCUT2D eigenvalue weighted by molar-refractivity contribution is 7.99. The van der Waals surface area contributed by atoms with Gasteiger partial charge in [0.1, 0.15) is 5.82 Å². The third-order valence-electron chi connectivity index (χ3n) is 3.22. The van der Waals surface area contributed by atoms with Gasteiger partial charge in [0.2, 0.25) is 5.82 Å². The summed E-state index contributed by atoms with van der Waals surface area (Å²) in [6.07, 6.45) is 3.18. The van der Waals surface area contributed by atoms with E-state index in [1.165, 1.54) is 12.1 Å². The van der Waals surface area contributed by atoms with E-state index in [-0.39, 0.29) is 17.5 Å². The molecule has 6 nitrogen and oxygen atoms in total. The van der Waals surface area contributed by atoms with Crippen LogP contribution < -0.4 is 11.1 Å². The lowest BCUT2D eigenvalue weighted by Crippen LogP contribution is -2.18. The van der Waals surface area contributed by atoms with Crippen LogP contribution in [-0.2, 0) is 0 Å². The first-order chi connectivity index (χ1) is 9.10. The van der Waals surface area contributed by atoms with E-state index in [1.54, 1.807) is 0 Å². The van der Waals surface area contributed by atoms with E-state index in [0.717, 1.165) is 25.0 Å². The molecule has 2 rings (SSSR count). The maximum absolute atomic E-state index is 11.0. The number of anilines is 2. The van der Waals surface area contributed by atoms with Gasteiger partial charge in [0, 0.05) is 17.4 Å². The highest BCUT2D eigenvalue weighted by atomic mass is 32.2. The van der Waals surface area contributed by atoms with Crippen LogP contribution in [0.25, 0.3) is 0 Å². The van der Waals surface area contributed by atoms with Gasteiger partial charge in [-0.2, -0.15) is 11.8 Å². The largest absolute Gasteiger partial charge is 0.384 e. The first-order valence-corrected chi connectivity index (χ1v) is 7.44. The van der Waals surface area contributed by atoms with Crippen LogP contribution in [0.3, 0.4) is 0 Å². The second-order valence-electron chi connectivity index (χ2n) is 4.59. The molecule has 0 bridgehead atoms. The highest BCUT2D eigenvalue weighted by Crippen LogP contribution is 2.33. The fraction of sp³-hybridized carbons (Fsp3) is 0.583. The Hall–Kier alpha value is -1.50. The fourth-order valence-corrected chi connectivity index (χ4v) is 3.51. The molecule has 1 saturated carbocycles. The van der Waals surface area contributed by atoms with Crippen LogP contribution in [-0.4, -0.2) is 27.0 Å². The summed E-state index contributed by atoms with van der Waals surface area (Å²) in [6.45, 7) is 2.15. The average molecular weight is 282 g/mol. The summed E-state index contributed by atoms with van der Waals surface area (Å²) < 4.78 is 0. The van der Waals surface area contributed by atoms with E-state index in [4.69, 9.17) is 5.73 Å². The summed E-state index contributed by atoms with van der Waals surface area (Å²) >= 11 is 1.95. The Balaban J connectivity index is 2.07. The molecule has 7 heteroatoms. The van der Waals surface area contributed by atoms with E-state index in [0.29, 0.717) is 11.1 Å². The quantitative estimate of drug-likeness (QED) is 0.637. The Morgan fingerprint density at radius 2 is 2.37 bits per heavy atom. The Bertz CT molecular complexity index is 469. The number of nitrogens with one attached hydrogen (secondary N) is 1. The lowest BCUT2D eigenvalue weighted by Gasteiger charge is -2.14. The number of pyridine rings is 1. The summed E-state index contributed by atoms with van der Waals surface area (Å²) in [5.41, 5.74) is 5.59. The summed E-state index contributed by atoms with van der Waals surface area (Å²) in [6, 6.07) is 3.10. The van der Waals surface area contributed by atoms with Crippen LogP contribution in [0.2, 0.25) is 0 Å². The molecule has 0 radical (unpaired) electrons. The first-order valence-electron chi connectivity index (χ1n) is 6.39. The van der Waals surface area contributed by atoms with Gasteiger partial charge in [0.15, 0.2) is 0 Å². The summed E-state index contributed by atoms with van der Waals surface area (Å²) in [5, 5.41) is 14.8. The van der Waals surface area contributed by atoms with Crippen LogP contribution in [0.15, 0.2) is 12.1 Å². The van der Waals surface area contributed by atoms with Crippen LogP contribution in [0, 0.1) is 10.1 Å². The first kappa shape index (κ1) is 13.9. The van der Waals surface area contributed by atoms with Crippen molar-refractivity contribution in [3.05, 3.63) is 22.2 Å². The van der Waals surface area contributed by atoms with Crippen molar-refractivity contribution < 1.29 is 4.92 Å². The molecule has 1 aliphatic carbocycles. The summed E-state index contributed by atoms with van der Waals surface area (Å²) in [4.78, 5) is 14.6. The molecular weight excluding hydrogens is 264 g/mol. The molecule has 1 aromatic heterocycles. The second-order valence-corrected chi connectivity index (χ2v) is 6.17. The standard InChI is InChI=1S/C12H18N4O2S/c1-2-19-9-4-3-8(7-9)14-12-10(16(17)18)5-6-11(13)15-12/h5-6,8-9H,2-4,7H2,1H3,(H3,13,14,15). The minimum Gasteiger partial charge on any atom is -0.384 e. The number of thioether (sulfide) groups is 1. The maximum atomic E-state index is 11.0. The molecule has 0 saturated heterocycles. The van der Waals surface area contributed by atoms with E-state index in [2.05, 4.69) is 17.2 Å². The van der Waals surface area contributed by atoms with Crippen molar-refractivity contribution in [3.8, 4) is 0 Å². The number of hydrogen-bond acceptors (Lipinski definition) is 6. The zero-order valence-electron chi connectivity index (χ0n) is 10.8. The maximum Gasteiger partial charge on any atom is 0.311 e. The van der Waals surface area contributed by atoms with Gasteiger partial charge in [0.05, 0.1) is 4.92 Å². The zero-order chi connectivity index (χ0) is 13.8. The molecular formula is C12H18N4O2S. The van der Waals surface area contributed by atoms with Crippen LogP contribution in [0.1, 0.15) is 26.2 Å². The number of hydrogen-bond donors (Lipinski definition) is 2. The summed E-state index contributed by atoms with van der Waals surface area (Å²) in [5.74, 6) is 1.69. The second kappa shape index (κ2) is 6.10. The van der Waals surface area contributed by atoms with Gasteiger partial charge >= 0.3 is 5.69 Å². The third kappa shape index (κ3) is 3.50. The molecule has 0 aliphatic heterocycles. The Morgan fingerprint density at radius 1 is 1.58 bits per heavy atom. The number of nitrogens with zero attached hydrogens (tertiary/aromatic N) is 2. The molecule has 1 aromatic rings. The monoisotopic (exact) mass is 282 g/mol. The number of nitro groups is 1. The number of aromatic nitrogens is 1. The summed E-state index contributed by atoms with van der Waals surface area (Å²) in [7, 11) is 0. The lowest BCUT2D eigenvalue weighted by atomic mass is 10.2. The van der Waals surface area contributed by atoms with Gasteiger partial charge in [-0.15, -0.1) is 0 Å². The van der Waals surface area contributed by atoms with Crippen molar-refractivity contribution in [2.24, 2.45) is 0 Å². The van der Waals surface area contributed by atoms with Crippen LogP contribution in [0.5, 0.6) is 0 Å². The smallest absolute Gasteiger partial charge is 0.311 e. The van der Waals surface area contributed by atoms with Crippen LogP contribution in [0.4, 0.5) is 17.3 Å². The molecule has 0 aromatic carbocycles. The van der Waals surface area contributed by atoms with Gasteiger partial charge in [-0.25, -0.2) is 4.98 Å². The molecule has 0 spiro atoms. The van der Waals surface area contributed by atoms with E-state index in [1.807, 2.05) is 11.8 Å². The van der Waals surface area contributed by atoms with Gasteiger partial charge in [0.25, 0.3) is 0 Å². The zero-order valence-corrected chi connectivity index (χ0v) is 11.7. The fourth-order valence-electron chi connectivity index (χ4n) is 2.37. The van der Waals surface area contributed by atoms with Gasteiger partial charge in [-0.3, -0.25) is 10.1 Å². The highest BCUT2D eigenvalue weighted by Gasteiger charge is 2.27. The van der Waals surface area contributed by atoms with Crippen molar-refractivity contribution in [2.45, 2.75) is 37.5 Å². The molecule has 2 atom stereocenters. The molecule has 1 heterocycles. The van der Waals surface area contributed by atoms with E-state index in [9.17, 15) is 10.1 Å². The predicted molar refractivity (Wildman–Crippen MR) is 78.5 cm³/mol. The van der Waals surface area contributed by atoms with Crippen molar-refractivity contribution in [3.63, 3.8) is 0 Å². The van der Waals surface area contributed by atoms with Crippen LogP contribution >= 0.6 is 11.8 Å². The molecule has 0 amide bonds. The molecule has 1 aliphatic rings. The SMILES string of the molecule is CCSC1CCC(Nc2nc(N)ccc2[N+](=O)[O-])C1. The van der Waals surface area contributed by atoms with Crippen molar-refractivity contribution in [2.75, 3.05) is 16.8 Å². The third-order valence-corrected chi connectivity index (χ3v) is 4.45. The van der Waals surface area contributed by atoms with Gasteiger partial charge in [-0.1, -0.05) is 6.92 Å². The molecule has 3 N–H and O–H groups in total. The number of nitrogen functional groups attached to an aromatic ring is 1. The number of rotatable bonds is 5. The normalized spacial score (nSPS) is 22.4. The van der Waals surface area contributed by atoms with E-state index >= 15 is 0 Å². The molecule has 104 valence electrons. The molecule has 19 heavy (non-hydrogen) atoms. The minimum atomic E-state index is -0.429. The predicted octanol–water partition coefficient (Wildman–Crippen LogP) is 2.66. The lowest BCUT2D eigenvalue weighted by molar-refractivity contribution is -0.384. The Labute approximate surface area is 116 Å². The Kier molecular flexibility index (Phi) is 4.47. The van der Waals surface area contributed by atoms with Crippen molar-refractivity contribution >= 4 is 29.1 Å². The number of nitrogens with two attached hydrogens (primary N) is 1. The topological polar surface area (TPSA) is 94.1 Å². The van der Waals surface area contributed by atoms with Gasteiger partial charge in [-0.05, 0) is 31.1 Å². The minimum absolute atomic E-state index is 0.0132. The average Bonchev–Trinajstić information content (AvgIpc) is 2.77. The van der Waals surface area contributed by atoms with Crippen molar-refractivity contribution in [1.82, 2.24) is 4.98 Å². The van der Waals surface area contributed by atoms with Crippen molar-refractivity contribution in [1.29, 1.82) is 0 Å². The molecule has 1 fully saturated rings. The Morgan fingerprint density at radius 3 is 3.05 bits per heavy atom. The van der Waals surface area contributed by atoms with E-state index < -0.39 is 4.92 Å².